The van der Waals surface area contributed by atoms with E-state index in [4.69, 9.17) is 0 Å². The van der Waals surface area contributed by atoms with E-state index in [1.807, 2.05) is 0 Å². The first kappa shape index (κ1) is 15.2. The predicted molar refractivity (Wildman–Crippen MR) is 88.3 cm³/mol. The van der Waals surface area contributed by atoms with Gasteiger partial charge in [-0.15, -0.1) is 0 Å². The second-order valence-corrected chi connectivity index (χ2v) is 9.47. The maximum absolute atomic E-state index is 11.3. The molecule has 7 atom stereocenters. The molecule has 3 saturated carbocycles. The summed E-state index contributed by atoms with van der Waals surface area (Å²) >= 11 is 0. The standard InChI is InChI=1S/C20H32O2/c1-17-11-7-16-14(15(17)8-12-19(17,3)21)6-13-20(22)10-5-4-9-18(16,20)2/h5,10,14-16,21-22H,4,6-9,11-13H2,1-3H3/t14-,15-,16-,17-,18+,19?,20?/m0/s1. The lowest BCUT2D eigenvalue weighted by Crippen LogP contribution is -2.61. The van der Waals surface area contributed by atoms with E-state index in [2.05, 4.69) is 32.9 Å². The smallest absolute Gasteiger partial charge is 0.0883 e. The number of aliphatic hydroxyl groups is 2. The van der Waals surface area contributed by atoms with Crippen molar-refractivity contribution in [1.82, 2.24) is 0 Å². The fourth-order valence-electron chi connectivity index (χ4n) is 7.05. The zero-order chi connectivity index (χ0) is 15.8. The molecule has 0 bridgehead atoms. The molecule has 4 aliphatic rings. The SMILES string of the molecule is CC1(O)CC[C@H]2[C@@H]3CCC4(O)C=CCC[C@]4(C)[C@H]3CC[C@@]21C. The second-order valence-electron chi connectivity index (χ2n) is 9.47. The molecule has 3 fully saturated rings. The van der Waals surface area contributed by atoms with Gasteiger partial charge in [-0.3, -0.25) is 0 Å². The van der Waals surface area contributed by atoms with Gasteiger partial charge in [0.15, 0.2) is 0 Å². The predicted octanol–water partition coefficient (Wildman–Crippen LogP) is 4.06. The van der Waals surface area contributed by atoms with Crippen molar-refractivity contribution in [3.8, 4) is 0 Å². The Hall–Kier alpha value is -0.340. The Morgan fingerprint density at radius 1 is 0.818 bits per heavy atom. The second kappa shape index (κ2) is 4.39. The highest BCUT2D eigenvalue weighted by Gasteiger charge is 2.65. The molecule has 2 heteroatoms. The van der Waals surface area contributed by atoms with E-state index in [-0.39, 0.29) is 10.8 Å². The Balaban J connectivity index is 1.71. The first-order valence-corrected chi connectivity index (χ1v) is 9.36. The van der Waals surface area contributed by atoms with Gasteiger partial charge in [-0.1, -0.05) is 26.0 Å². The van der Waals surface area contributed by atoms with E-state index in [0.29, 0.717) is 17.8 Å². The third-order valence-electron chi connectivity index (χ3n) is 8.89. The summed E-state index contributed by atoms with van der Waals surface area (Å²) in [5.74, 6) is 1.97. The van der Waals surface area contributed by atoms with Crippen LogP contribution in [0.15, 0.2) is 12.2 Å². The average molecular weight is 304 g/mol. The molecule has 2 N–H and O–H groups in total. The van der Waals surface area contributed by atoms with Crippen molar-refractivity contribution in [3.63, 3.8) is 0 Å². The molecular formula is C20H32O2. The third-order valence-corrected chi connectivity index (χ3v) is 8.89. The summed E-state index contributed by atoms with van der Waals surface area (Å²) in [4.78, 5) is 0. The Morgan fingerprint density at radius 3 is 2.27 bits per heavy atom. The molecule has 0 aromatic rings. The van der Waals surface area contributed by atoms with Crippen LogP contribution in [0, 0.1) is 28.6 Å². The van der Waals surface area contributed by atoms with E-state index in [1.165, 1.54) is 12.8 Å². The van der Waals surface area contributed by atoms with Crippen LogP contribution in [0.5, 0.6) is 0 Å². The molecule has 0 heterocycles. The van der Waals surface area contributed by atoms with Crippen molar-refractivity contribution >= 4 is 0 Å². The molecule has 0 spiro atoms. The molecule has 4 rings (SSSR count). The van der Waals surface area contributed by atoms with Gasteiger partial charge in [-0.05, 0) is 81.5 Å². The monoisotopic (exact) mass is 304 g/mol. The minimum atomic E-state index is -0.582. The van der Waals surface area contributed by atoms with Gasteiger partial charge in [0.1, 0.15) is 0 Å². The lowest BCUT2D eigenvalue weighted by Gasteiger charge is -2.62. The minimum Gasteiger partial charge on any atom is -0.390 e. The lowest BCUT2D eigenvalue weighted by molar-refractivity contribution is -0.183. The highest BCUT2D eigenvalue weighted by Crippen LogP contribution is 2.68. The van der Waals surface area contributed by atoms with Crippen LogP contribution in [0.3, 0.4) is 0 Å². The van der Waals surface area contributed by atoms with Crippen molar-refractivity contribution in [2.75, 3.05) is 0 Å². The number of hydrogen-bond donors (Lipinski definition) is 2. The third kappa shape index (κ3) is 1.64. The maximum atomic E-state index is 11.3. The number of hydrogen-bond acceptors (Lipinski definition) is 2. The summed E-state index contributed by atoms with van der Waals surface area (Å²) in [5, 5.41) is 22.2. The van der Waals surface area contributed by atoms with E-state index in [0.717, 1.165) is 38.5 Å². The van der Waals surface area contributed by atoms with Gasteiger partial charge >= 0.3 is 0 Å². The topological polar surface area (TPSA) is 40.5 Å². The van der Waals surface area contributed by atoms with Gasteiger partial charge in [0.2, 0.25) is 0 Å². The van der Waals surface area contributed by atoms with Crippen LogP contribution in [0.25, 0.3) is 0 Å². The summed E-state index contributed by atoms with van der Waals surface area (Å²) in [5.41, 5.74) is -0.948. The molecule has 22 heavy (non-hydrogen) atoms. The number of rotatable bonds is 0. The molecule has 2 nitrogen and oxygen atoms in total. The average Bonchev–Trinajstić information content (AvgIpc) is 2.70. The maximum Gasteiger partial charge on any atom is 0.0883 e. The van der Waals surface area contributed by atoms with Crippen LogP contribution in [0.4, 0.5) is 0 Å². The molecule has 0 radical (unpaired) electrons. The van der Waals surface area contributed by atoms with Crippen LogP contribution in [0.2, 0.25) is 0 Å². The summed E-state index contributed by atoms with van der Waals surface area (Å²) in [6.45, 7) is 6.76. The van der Waals surface area contributed by atoms with Crippen LogP contribution in [-0.2, 0) is 0 Å². The van der Waals surface area contributed by atoms with E-state index >= 15 is 0 Å². The number of fused-ring (bicyclic) bond motifs is 5. The van der Waals surface area contributed by atoms with Gasteiger partial charge in [-0.2, -0.15) is 0 Å². The van der Waals surface area contributed by atoms with E-state index < -0.39 is 11.2 Å². The first-order chi connectivity index (χ1) is 10.2. The van der Waals surface area contributed by atoms with E-state index in [9.17, 15) is 10.2 Å². The zero-order valence-electron chi connectivity index (χ0n) is 14.4. The summed E-state index contributed by atoms with van der Waals surface area (Å²) in [6, 6.07) is 0. The Morgan fingerprint density at radius 2 is 1.50 bits per heavy atom. The van der Waals surface area contributed by atoms with Crippen LogP contribution >= 0.6 is 0 Å². The Kier molecular flexibility index (Phi) is 3.03. The first-order valence-electron chi connectivity index (χ1n) is 9.36. The van der Waals surface area contributed by atoms with E-state index in [1.54, 1.807) is 0 Å². The molecule has 124 valence electrons. The molecule has 2 unspecified atom stereocenters. The molecule has 0 aromatic heterocycles. The van der Waals surface area contributed by atoms with Gasteiger partial charge in [0.25, 0.3) is 0 Å². The molecule has 0 aliphatic heterocycles. The molecule has 0 saturated heterocycles. The van der Waals surface area contributed by atoms with Crippen molar-refractivity contribution < 1.29 is 10.2 Å². The van der Waals surface area contributed by atoms with Gasteiger partial charge in [0.05, 0.1) is 11.2 Å². The normalized spacial score (nSPS) is 60.5. The quantitative estimate of drug-likeness (QED) is 0.663. The fraction of sp³-hybridized carbons (Fsp3) is 0.900. The van der Waals surface area contributed by atoms with Crippen LogP contribution in [0.1, 0.15) is 72.1 Å². The molecule has 0 amide bonds. The number of allylic oxidation sites excluding steroid dienone is 1. The molecule has 4 aliphatic carbocycles. The largest absolute Gasteiger partial charge is 0.390 e. The van der Waals surface area contributed by atoms with Crippen molar-refractivity contribution in [2.24, 2.45) is 28.6 Å². The Bertz CT molecular complexity index is 510. The van der Waals surface area contributed by atoms with Crippen molar-refractivity contribution in [1.29, 1.82) is 0 Å². The minimum absolute atomic E-state index is 0.0421. The Labute approximate surface area is 135 Å². The molecular weight excluding hydrogens is 272 g/mol. The summed E-state index contributed by atoms with van der Waals surface area (Å²) < 4.78 is 0. The highest BCUT2D eigenvalue weighted by molar-refractivity contribution is 5.21. The van der Waals surface area contributed by atoms with Gasteiger partial charge in [-0.25, -0.2) is 0 Å². The highest BCUT2D eigenvalue weighted by atomic mass is 16.3. The van der Waals surface area contributed by atoms with Gasteiger partial charge in [0, 0.05) is 5.41 Å². The lowest BCUT2D eigenvalue weighted by atomic mass is 9.44. The van der Waals surface area contributed by atoms with Crippen molar-refractivity contribution in [3.05, 3.63) is 12.2 Å². The zero-order valence-corrected chi connectivity index (χ0v) is 14.4. The summed E-state index contributed by atoms with van der Waals surface area (Å²) in [6.07, 6.45) is 13.0. The fourth-order valence-corrected chi connectivity index (χ4v) is 7.05. The van der Waals surface area contributed by atoms with Crippen LogP contribution in [-0.4, -0.2) is 21.4 Å². The molecule has 0 aromatic carbocycles. The van der Waals surface area contributed by atoms with Gasteiger partial charge < -0.3 is 10.2 Å². The van der Waals surface area contributed by atoms with Crippen LogP contribution < -0.4 is 0 Å². The van der Waals surface area contributed by atoms with Crippen molar-refractivity contribution in [2.45, 2.75) is 83.3 Å². The summed E-state index contributed by atoms with van der Waals surface area (Å²) in [7, 11) is 0.